The van der Waals surface area contributed by atoms with Gasteiger partial charge in [0.15, 0.2) is 0 Å². The third-order valence-corrected chi connectivity index (χ3v) is 5.38. The van der Waals surface area contributed by atoms with E-state index in [9.17, 15) is 8.42 Å². The predicted octanol–water partition coefficient (Wildman–Crippen LogP) is 1.75. The van der Waals surface area contributed by atoms with Gasteiger partial charge < -0.3 is 9.64 Å². The van der Waals surface area contributed by atoms with Crippen LogP contribution in [0, 0.1) is 6.92 Å². The zero-order chi connectivity index (χ0) is 17.9. The largest absolute Gasteiger partial charge is 0.378 e. The van der Waals surface area contributed by atoms with Crippen molar-refractivity contribution in [2.75, 3.05) is 31.2 Å². The van der Waals surface area contributed by atoms with Gasteiger partial charge in [0, 0.05) is 29.9 Å². The Bertz CT molecular complexity index is 854. The number of nitrogens with one attached hydrogen (secondary N) is 1. The first-order chi connectivity index (χ1) is 11.9. The number of nitrogens with zero attached hydrogens (tertiary/aromatic N) is 3. The van der Waals surface area contributed by atoms with Crippen molar-refractivity contribution in [1.82, 2.24) is 14.7 Å². The lowest BCUT2D eigenvalue weighted by molar-refractivity contribution is 0.122. The average molecular weight is 383 g/mol. The van der Waals surface area contributed by atoms with Gasteiger partial charge in [-0.1, -0.05) is 17.7 Å². The van der Waals surface area contributed by atoms with E-state index in [1.165, 1.54) is 12.1 Å². The molecule has 0 bridgehead atoms. The zero-order valence-corrected chi connectivity index (χ0v) is 15.3. The van der Waals surface area contributed by atoms with Gasteiger partial charge in [0.05, 0.1) is 24.7 Å². The van der Waals surface area contributed by atoms with Gasteiger partial charge in [0.2, 0.25) is 10.0 Å². The minimum Gasteiger partial charge on any atom is -0.378 e. The van der Waals surface area contributed by atoms with Gasteiger partial charge in [-0.25, -0.2) is 23.1 Å². The highest BCUT2D eigenvalue weighted by Crippen LogP contribution is 2.17. The highest BCUT2D eigenvalue weighted by atomic mass is 35.5. The highest BCUT2D eigenvalue weighted by molar-refractivity contribution is 7.89. The van der Waals surface area contributed by atoms with Crippen molar-refractivity contribution in [3.05, 3.63) is 46.9 Å². The predicted molar refractivity (Wildman–Crippen MR) is 95.3 cm³/mol. The third-order valence-electron chi connectivity index (χ3n) is 3.75. The lowest BCUT2D eigenvalue weighted by atomic mass is 10.3. The molecule has 1 saturated heterocycles. The van der Waals surface area contributed by atoms with E-state index in [1.807, 2.05) is 13.0 Å². The minimum absolute atomic E-state index is 0.00780. The lowest BCUT2D eigenvalue weighted by Crippen LogP contribution is -2.37. The van der Waals surface area contributed by atoms with Gasteiger partial charge in [-0.2, -0.15) is 0 Å². The van der Waals surface area contributed by atoms with Crippen molar-refractivity contribution in [2.45, 2.75) is 18.4 Å². The molecule has 1 N–H and O–H groups in total. The fourth-order valence-corrected chi connectivity index (χ4v) is 3.80. The minimum atomic E-state index is -3.68. The summed E-state index contributed by atoms with van der Waals surface area (Å²) in [5, 5.41) is 0.365. The van der Waals surface area contributed by atoms with Crippen LogP contribution in [0.3, 0.4) is 0 Å². The van der Waals surface area contributed by atoms with E-state index < -0.39 is 10.0 Å². The number of morpholine rings is 1. The van der Waals surface area contributed by atoms with Crippen molar-refractivity contribution < 1.29 is 13.2 Å². The summed E-state index contributed by atoms with van der Waals surface area (Å²) in [4.78, 5) is 11.0. The topological polar surface area (TPSA) is 84.4 Å². The molecule has 0 amide bonds. The molecule has 134 valence electrons. The molecule has 0 saturated carbocycles. The van der Waals surface area contributed by atoms with Crippen LogP contribution >= 0.6 is 11.6 Å². The normalized spacial score (nSPS) is 15.4. The van der Waals surface area contributed by atoms with Crippen LogP contribution in [-0.4, -0.2) is 44.7 Å². The van der Waals surface area contributed by atoms with Crippen LogP contribution < -0.4 is 9.62 Å². The van der Waals surface area contributed by atoms with Crippen LogP contribution in [-0.2, 0) is 21.3 Å². The first-order valence-corrected chi connectivity index (χ1v) is 9.73. The summed E-state index contributed by atoms with van der Waals surface area (Å²) in [6.07, 6.45) is 0. The van der Waals surface area contributed by atoms with Gasteiger partial charge in [-0.05, 0) is 25.1 Å². The maximum absolute atomic E-state index is 12.4. The molecule has 9 heteroatoms. The maximum atomic E-state index is 12.4. The molecule has 1 fully saturated rings. The van der Waals surface area contributed by atoms with Crippen LogP contribution in [0.15, 0.2) is 35.2 Å². The number of rotatable bonds is 5. The van der Waals surface area contributed by atoms with Gasteiger partial charge >= 0.3 is 0 Å². The van der Waals surface area contributed by atoms with E-state index in [0.717, 1.165) is 24.6 Å². The van der Waals surface area contributed by atoms with Crippen molar-refractivity contribution in [3.63, 3.8) is 0 Å². The monoisotopic (exact) mass is 382 g/mol. The number of benzene rings is 1. The number of aromatic nitrogens is 2. The number of ether oxygens (including phenoxy) is 1. The third kappa shape index (κ3) is 4.66. The lowest BCUT2D eigenvalue weighted by Gasteiger charge is -2.28. The Kier molecular flexibility index (Phi) is 5.53. The average Bonchev–Trinajstić information content (AvgIpc) is 2.60. The molecular weight excluding hydrogens is 364 g/mol. The Morgan fingerprint density at radius 2 is 2.00 bits per heavy atom. The Morgan fingerprint density at radius 1 is 1.24 bits per heavy atom. The van der Waals surface area contributed by atoms with Gasteiger partial charge in [0.1, 0.15) is 11.6 Å². The fourth-order valence-electron chi connectivity index (χ4n) is 2.52. The molecule has 3 rings (SSSR count). The quantitative estimate of drug-likeness (QED) is 0.848. The molecule has 2 aromatic rings. The van der Waals surface area contributed by atoms with E-state index >= 15 is 0 Å². The number of halogens is 1. The molecule has 1 aliphatic heterocycles. The number of aryl methyl sites for hydroxylation is 1. The first kappa shape index (κ1) is 18.1. The van der Waals surface area contributed by atoms with Crippen molar-refractivity contribution in [1.29, 1.82) is 0 Å². The number of anilines is 1. The number of hydrogen-bond acceptors (Lipinski definition) is 6. The summed E-state index contributed by atoms with van der Waals surface area (Å²) >= 11 is 5.86. The van der Waals surface area contributed by atoms with Gasteiger partial charge in [-0.15, -0.1) is 0 Å². The number of sulfonamides is 1. The summed E-state index contributed by atoms with van der Waals surface area (Å²) < 4.78 is 32.6. The first-order valence-electron chi connectivity index (χ1n) is 7.86. The summed E-state index contributed by atoms with van der Waals surface area (Å²) in [5.74, 6) is 1.21. The molecule has 1 aromatic heterocycles. The molecule has 2 heterocycles. The molecule has 1 aromatic carbocycles. The Labute approximate surface area is 152 Å². The van der Waals surface area contributed by atoms with Gasteiger partial charge in [0.25, 0.3) is 0 Å². The summed E-state index contributed by atoms with van der Waals surface area (Å²) in [5.41, 5.74) is 0.786. The SMILES string of the molecule is Cc1cc(N2CCOCC2)nc(CNS(=O)(=O)c2cccc(Cl)c2)n1. The number of hydrogen-bond donors (Lipinski definition) is 1. The van der Waals surface area contributed by atoms with E-state index in [4.69, 9.17) is 16.3 Å². The highest BCUT2D eigenvalue weighted by Gasteiger charge is 2.17. The molecular formula is C16H19ClN4O3S. The van der Waals surface area contributed by atoms with Crippen molar-refractivity contribution >= 4 is 27.4 Å². The Hall–Kier alpha value is -1.74. The summed E-state index contributed by atoms with van der Waals surface area (Å²) in [6.45, 7) is 4.68. The smallest absolute Gasteiger partial charge is 0.241 e. The molecule has 1 aliphatic rings. The Balaban J connectivity index is 1.75. The van der Waals surface area contributed by atoms with Crippen LogP contribution in [0.5, 0.6) is 0 Å². The molecule has 0 aliphatic carbocycles. The second kappa shape index (κ2) is 7.65. The molecule has 0 atom stereocenters. The van der Waals surface area contributed by atoms with E-state index in [2.05, 4.69) is 19.6 Å². The summed E-state index contributed by atoms with van der Waals surface area (Å²) in [7, 11) is -3.68. The second-order valence-electron chi connectivity index (χ2n) is 5.67. The molecule has 0 unspecified atom stereocenters. The van der Waals surface area contributed by atoms with Crippen molar-refractivity contribution in [3.8, 4) is 0 Å². The summed E-state index contributed by atoms with van der Waals surface area (Å²) in [6, 6.07) is 8.00. The zero-order valence-electron chi connectivity index (χ0n) is 13.8. The van der Waals surface area contributed by atoms with Crippen LogP contribution in [0.25, 0.3) is 0 Å². The van der Waals surface area contributed by atoms with E-state index in [0.29, 0.717) is 24.1 Å². The molecule has 25 heavy (non-hydrogen) atoms. The standard InChI is InChI=1S/C16H19ClN4O3S/c1-12-9-16(21-5-7-24-8-6-21)20-15(19-12)11-18-25(22,23)14-4-2-3-13(17)10-14/h2-4,9-10,18H,5-8,11H2,1H3. The van der Waals surface area contributed by atoms with Crippen LogP contribution in [0.4, 0.5) is 5.82 Å². The second-order valence-corrected chi connectivity index (χ2v) is 7.87. The van der Waals surface area contributed by atoms with Crippen LogP contribution in [0.2, 0.25) is 5.02 Å². The fraction of sp³-hybridized carbons (Fsp3) is 0.375. The molecule has 0 spiro atoms. The Morgan fingerprint density at radius 3 is 2.72 bits per heavy atom. The maximum Gasteiger partial charge on any atom is 0.241 e. The van der Waals surface area contributed by atoms with Crippen molar-refractivity contribution in [2.24, 2.45) is 0 Å². The molecule has 7 nitrogen and oxygen atoms in total. The van der Waals surface area contributed by atoms with Gasteiger partial charge in [-0.3, -0.25) is 0 Å². The van der Waals surface area contributed by atoms with Crippen LogP contribution in [0.1, 0.15) is 11.5 Å². The van der Waals surface area contributed by atoms with E-state index in [-0.39, 0.29) is 11.4 Å². The molecule has 0 radical (unpaired) electrons. The van der Waals surface area contributed by atoms with E-state index in [1.54, 1.807) is 12.1 Å².